The number of ether oxygens (including phenoxy) is 1. The number of carbonyl (C=O) groups is 1. The lowest BCUT2D eigenvalue weighted by atomic mass is 10.2. The Morgan fingerprint density at radius 3 is 2.86 bits per heavy atom. The van der Waals surface area contributed by atoms with Gasteiger partial charge in [0.15, 0.2) is 0 Å². The van der Waals surface area contributed by atoms with Crippen LogP contribution in [0.2, 0.25) is 5.02 Å². The van der Waals surface area contributed by atoms with Crippen LogP contribution in [0.1, 0.15) is 26.2 Å². The highest BCUT2D eigenvalue weighted by atomic mass is 35.5. The van der Waals surface area contributed by atoms with E-state index >= 15 is 0 Å². The molecule has 0 saturated heterocycles. The number of aliphatic hydroxyl groups is 1. The second-order valence-corrected chi connectivity index (χ2v) is 5.16. The summed E-state index contributed by atoms with van der Waals surface area (Å²) in [7, 11) is 1.58. The summed E-state index contributed by atoms with van der Waals surface area (Å²) in [4.78, 5) is 11.6. The predicted molar refractivity (Wildman–Crippen MR) is 85.0 cm³/mol. The highest BCUT2D eigenvalue weighted by Crippen LogP contribution is 2.27. The Bertz CT molecular complexity index is 455. The first-order chi connectivity index (χ1) is 10.1. The van der Waals surface area contributed by atoms with E-state index in [1.165, 1.54) is 0 Å². The van der Waals surface area contributed by atoms with Crippen molar-refractivity contribution in [1.82, 2.24) is 5.32 Å². The molecule has 0 aliphatic carbocycles. The topological polar surface area (TPSA) is 70.6 Å². The van der Waals surface area contributed by atoms with Crippen LogP contribution >= 0.6 is 11.6 Å². The van der Waals surface area contributed by atoms with Gasteiger partial charge in [-0.1, -0.05) is 18.5 Å². The number of hydrogen-bond donors (Lipinski definition) is 3. The van der Waals surface area contributed by atoms with Gasteiger partial charge < -0.3 is 20.5 Å². The van der Waals surface area contributed by atoms with Gasteiger partial charge in [-0.2, -0.15) is 0 Å². The van der Waals surface area contributed by atoms with E-state index in [0.717, 1.165) is 5.69 Å². The molecule has 1 aromatic carbocycles. The van der Waals surface area contributed by atoms with E-state index in [1.54, 1.807) is 25.3 Å². The largest absolute Gasteiger partial charge is 0.495 e. The molecular formula is C15H23ClN2O3. The summed E-state index contributed by atoms with van der Waals surface area (Å²) < 4.78 is 5.21. The second kappa shape index (κ2) is 9.47. The van der Waals surface area contributed by atoms with Gasteiger partial charge >= 0.3 is 0 Å². The van der Waals surface area contributed by atoms with Crippen LogP contribution < -0.4 is 15.4 Å². The smallest absolute Gasteiger partial charge is 0.221 e. The van der Waals surface area contributed by atoms with Crippen molar-refractivity contribution in [2.24, 2.45) is 0 Å². The molecule has 0 spiro atoms. The van der Waals surface area contributed by atoms with Crippen molar-refractivity contribution in [2.75, 3.05) is 25.5 Å². The summed E-state index contributed by atoms with van der Waals surface area (Å²) in [5, 5.41) is 15.9. The maximum atomic E-state index is 11.6. The molecule has 0 aliphatic heterocycles. The lowest BCUT2D eigenvalue weighted by Crippen LogP contribution is -2.28. The third kappa shape index (κ3) is 6.69. The first-order valence-electron chi connectivity index (χ1n) is 7.09. The molecule has 0 radical (unpaired) electrons. The van der Waals surface area contributed by atoms with Gasteiger partial charge in [0.05, 0.1) is 18.9 Å². The average Bonchev–Trinajstić information content (AvgIpc) is 2.47. The van der Waals surface area contributed by atoms with Crippen LogP contribution in [0.5, 0.6) is 5.75 Å². The molecule has 21 heavy (non-hydrogen) atoms. The van der Waals surface area contributed by atoms with Crippen molar-refractivity contribution >= 4 is 23.2 Å². The number of halogens is 1. The number of methoxy groups -OCH3 is 1. The minimum Gasteiger partial charge on any atom is -0.495 e. The molecule has 6 heteroatoms. The van der Waals surface area contributed by atoms with Gasteiger partial charge in [0.2, 0.25) is 5.91 Å². The number of nitrogens with one attached hydrogen (secondary N) is 2. The van der Waals surface area contributed by atoms with Crippen molar-refractivity contribution in [3.8, 4) is 5.75 Å². The molecule has 1 atom stereocenters. The molecule has 0 heterocycles. The lowest BCUT2D eigenvalue weighted by molar-refractivity contribution is -0.120. The van der Waals surface area contributed by atoms with Crippen molar-refractivity contribution in [1.29, 1.82) is 0 Å². The van der Waals surface area contributed by atoms with E-state index in [0.29, 0.717) is 43.1 Å². The summed E-state index contributed by atoms with van der Waals surface area (Å²) in [5.41, 5.74) is 0.763. The third-order valence-electron chi connectivity index (χ3n) is 3.10. The Hall–Kier alpha value is -1.46. The fourth-order valence-electron chi connectivity index (χ4n) is 1.80. The number of aliphatic hydroxyl groups excluding tert-OH is 1. The lowest BCUT2D eigenvalue weighted by Gasteiger charge is -2.12. The number of anilines is 1. The zero-order chi connectivity index (χ0) is 15.7. The molecule has 1 aromatic rings. The van der Waals surface area contributed by atoms with Crippen LogP contribution in [-0.4, -0.2) is 37.3 Å². The normalized spacial score (nSPS) is 11.8. The third-order valence-corrected chi connectivity index (χ3v) is 3.34. The Balaban J connectivity index is 2.30. The van der Waals surface area contributed by atoms with Gasteiger partial charge in [-0.15, -0.1) is 0 Å². The fraction of sp³-hybridized carbons (Fsp3) is 0.533. The van der Waals surface area contributed by atoms with E-state index in [1.807, 2.05) is 6.92 Å². The van der Waals surface area contributed by atoms with E-state index in [4.69, 9.17) is 16.3 Å². The molecule has 0 saturated carbocycles. The van der Waals surface area contributed by atoms with Gasteiger partial charge in [0.1, 0.15) is 5.75 Å². The van der Waals surface area contributed by atoms with Crippen molar-refractivity contribution in [2.45, 2.75) is 32.3 Å². The minimum absolute atomic E-state index is 0.0493. The molecule has 0 bridgehead atoms. The molecule has 118 valence electrons. The summed E-state index contributed by atoms with van der Waals surface area (Å²) in [6.07, 6.45) is 1.28. The van der Waals surface area contributed by atoms with Crippen LogP contribution in [0.4, 0.5) is 5.69 Å². The second-order valence-electron chi connectivity index (χ2n) is 4.72. The standard InChI is InChI=1S/C15H23ClN2O3/c1-3-12(19)6-8-18-15(20)7-9-17-13-10-11(16)4-5-14(13)21-2/h4-5,10,12,17,19H,3,6-9H2,1-2H3,(H,18,20). The van der Waals surface area contributed by atoms with Crippen LogP contribution in [0.25, 0.3) is 0 Å². The molecule has 3 N–H and O–H groups in total. The maximum Gasteiger partial charge on any atom is 0.221 e. The van der Waals surface area contributed by atoms with E-state index in [9.17, 15) is 9.90 Å². The Morgan fingerprint density at radius 2 is 2.19 bits per heavy atom. The van der Waals surface area contributed by atoms with Crippen LogP contribution in [0.3, 0.4) is 0 Å². The molecule has 1 amide bonds. The highest BCUT2D eigenvalue weighted by Gasteiger charge is 2.06. The van der Waals surface area contributed by atoms with Crippen molar-refractivity contribution in [3.05, 3.63) is 23.2 Å². The zero-order valence-electron chi connectivity index (χ0n) is 12.5. The Kier molecular flexibility index (Phi) is 7.93. The molecule has 5 nitrogen and oxygen atoms in total. The number of rotatable bonds is 9. The maximum absolute atomic E-state index is 11.6. The number of hydrogen-bond acceptors (Lipinski definition) is 4. The van der Waals surface area contributed by atoms with E-state index in [-0.39, 0.29) is 12.0 Å². The van der Waals surface area contributed by atoms with Gasteiger partial charge in [0.25, 0.3) is 0 Å². The van der Waals surface area contributed by atoms with Crippen LogP contribution in [0, 0.1) is 0 Å². The van der Waals surface area contributed by atoms with E-state index in [2.05, 4.69) is 10.6 Å². The summed E-state index contributed by atoms with van der Waals surface area (Å²) in [6, 6.07) is 5.28. The first kappa shape index (κ1) is 17.6. The summed E-state index contributed by atoms with van der Waals surface area (Å²) >= 11 is 5.93. The predicted octanol–water partition coefficient (Wildman–Crippen LogP) is 2.43. The SMILES string of the molecule is CCC(O)CCNC(=O)CCNc1cc(Cl)ccc1OC. The van der Waals surface area contributed by atoms with Crippen LogP contribution in [-0.2, 0) is 4.79 Å². The quantitative estimate of drug-likeness (QED) is 0.654. The molecular weight excluding hydrogens is 292 g/mol. The summed E-state index contributed by atoms with van der Waals surface area (Å²) in [6.45, 7) is 2.89. The van der Waals surface area contributed by atoms with E-state index < -0.39 is 0 Å². The molecule has 0 fully saturated rings. The molecule has 0 aliphatic rings. The Morgan fingerprint density at radius 1 is 1.43 bits per heavy atom. The van der Waals surface area contributed by atoms with Gasteiger partial charge in [-0.25, -0.2) is 0 Å². The highest BCUT2D eigenvalue weighted by molar-refractivity contribution is 6.30. The number of amides is 1. The average molecular weight is 315 g/mol. The van der Waals surface area contributed by atoms with Gasteiger partial charge in [-0.05, 0) is 31.0 Å². The number of benzene rings is 1. The minimum atomic E-state index is -0.348. The Labute approximate surface area is 130 Å². The molecule has 1 rings (SSSR count). The van der Waals surface area contributed by atoms with Crippen molar-refractivity contribution < 1.29 is 14.6 Å². The molecule has 0 aromatic heterocycles. The van der Waals surface area contributed by atoms with Crippen LogP contribution in [0.15, 0.2) is 18.2 Å². The number of carbonyl (C=O) groups excluding carboxylic acids is 1. The van der Waals surface area contributed by atoms with Gasteiger partial charge in [0, 0.05) is 24.5 Å². The zero-order valence-corrected chi connectivity index (χ0v) is 13.2. The van der Waals surface area contributed by atoms with Crippen molar-refractivity contribution in [3.63, 3.8) is 0 Å². The monoisotopic (exact) mass is 314 g/mol. The fourth-order valence-corrected chi connectivity index (χ4v) is 1.97. The first-order valence-corrected chi connectivity index (χ1v) is 7.46. The summed E-state index contributed by atoms with van der Waals surface area (Å²) in [5.74, 6) is 0.637. The molecule has 1 unspecified atom stereocenters. The van der Waals surface area contributed by atoms with Gasteiger partial charge in [-0.3, -0.25) is 4.79 Å².